The molecule has 0 heterocycles. The van der Waals surface area contributed by atoms with Gasteiger partial charge in [-0.05, 0) is 43.9 Å². The van der Waals surface area contributed by atoms with Gasteiger partial charge in [0.25, 0.3) is 0 Å². The number of carbonyl (C=O) groups excluding carboxylic acids is 1. The third kappa shape index (κ3) is 3.69. The lowest BCUT2D eigenvalue weighted by atomic mass is 9.99. The summed E-state index contributed by atoms with van der Waals surface area (Å²) in [4.78, 5) is 11.6. The van der Waals surface area contributed by atoms with Crippen LogP contribution in [-0.4, -0.2) is 12.6 Å². The van der Waals surface area contributed by atoms with E-state index in [-0.39, 0.29) is 5.97 Å². The van der Waals surface area contributed by atoms with E-state index >= 15 is 0 Å². The van der Waals surface area contributed by atoms with Crippen LogP contribution in [-0.2, 0) is 11.2 Å². The highest BCUT2D eigenvalue weighted by atomic mass is 16.5. The Hall–Kier alpha value is -1.31. The van der Waals surface area contributed by atoms with Gasteiger partial charge in [-0.2, -0.15) is 0 Å². The molecular weight excluding hydrogens is 200 g/mol. The van der Waals surface area contributed by atoms with Gasteiger partial charge in [-0.1, -0.05) is 25.5 Å². The average Bonchev–Trinajstić information content (AvgIpc) is 2.15. The molecular formula is C14H20O2. The van der Waals surface area contributed by atoms with Crippen molar-refractivity contribution in [1.82, 2.24) is 0 Å². The number of hydrogen-bond acceptors (Lipinski definition) is 2. The van der Waals surface area contributed by atoms with Crippen LogP contribution in [0.3, 0.4) is 0 Å². The minimum Gasteiger partial charge on any atom is -0.462 e. The van der Waals surface area contributed by atoms with Crippen LogP contribution in [0.15, 0.2) is 18.2 Å². The quantitative estimate of drug-likeness (QED) is 0.727. The van der Waals surface area contributed by atoms with Crippen molar-refractivity contribution in [2.24, 2.45) is 5.92 Å². The molecule has 0 saturated carbocycles. The molecule has 0 saturated heterocycles. The Morgan fingerprint density at radius 1 is 1.31 bits per heavy atom. The van der Waals surface area contributed by atoms with E-state index in [0.717, 1.165) is 12.0 Å². The fraction of sp³-hybridized carbons (Fsp3) is 0.500. The largest absolute Gasteiger partial charge is 0.462 e. The average molecular weight is 220 g/mol. The zero-order valence-corrected chi connectivity index (χ0v) is 10.5. The molecule has 0 aliphatic carbocycles. The maximum absolute atomic E-state index is 11.6. The second kappa shape index (κ2) is 5.69. The summed E-state index contributed by atoms with van der Waals surface area (Å²) in [5.41, 5.74) is 2.98. The minimum absolute atomic E-state index is 0.226. The Labute approximate surface area is 97.6 Å². The molecule has 0 atom stereocenters. The molecule has 88 valence electrons. The van der Waals surface area contributed by atoms with Crippen LogP contribution < -0.4 is 0 Å². The van der Waals surface area contributed by atoms with Gasteiger partial charge in [-0.3, -0.25) is 0 Å². The van der Waals surface area contributed by atoms with Crippen molar-refractivity contribution in [1.29, 1.82) is 0 Å². The Morgan fingerprint density at radius 2 is 2.00 bits per heavy atom. The van der Waals surface area contributed by atoms with Crippen LogP contribution in [0.2, 0.25) is 0 Å². The van der Waals surface area contributed by atoms with Gasteiger partial charge >= 0.3 is 5.97 Å². The second-order valence-corrected chi connectivity index (χ2v) is 4.53. The lowest BCUT2D eigenvalue weighted by Gasteiger charge is -2.09. The van der Waals surface area contributed by atoms with Crippen molar-refractivity contribution in [3.05, 3.63) is 34.9 Å². The summed E-state index contributed by atoms with van der Waals surface area (Å²) in [6.45, 7) is 8.60. The summed E-state index contributed by atoms with van der Waals surface area (Å²) in [5, 5.41) is 0. The normalized spacial score (nSPS) is 10.6. The van der Waals surface area contributed by atoms with E-state index in [9.17, 15) is 4.79 Å². The number of esters is 1. The Morgan fingerprint density at radius 3 is 2.56 bits per heavy atom. The summed E-state index contributed by atoms with van der Waals surface area (Å²) in [5.74, 6) is 0.369. The molecule has 0 aliphatic rings. The molecule has 0 bridgehead atoms. The molecule has 16 heavy (non-hydrogen) atoms. The first-order chi connectivity index (χ1) is 7.52. The van der Waals surface area contributed by atoms with E-state index in [1.54, 1.807) is 0 Å². The maximum atomic E-state index is 11.6. The monoisotopic (exact) mass is 220 g/mol. The summed E-state index contributed by atoms with van der Waals surface area (Å²) in [6.07, 6.45) is 0.994. The van der Waals surface area contributed by atoms with Crippen molar-refractivity contribution in [3.63, 3.8) is 0 Å². The Balaban J connectivity index is 2.93. The van der Waals surface area contributed by atoms with Crippen LogP contribution in [0.1, 0.15) is 42.3 Å². The van der Waals surface area contributed by atoms with E-state index in [1.807, 2.05) is 26.0 Å². The number of rotatable bonds is 4. The summed E-state index contributed by atoms with van der Waals surface area (Å²) >= 11 is 0. The van der Waals surface area contributed by atoms with Crippen LogP contribution in [0.4, 0.5) is 0 Å². The van der Waals surface area contributed by atoms with E-state index in [4.69, 9.17) is 4.74 Å². The van der Waals surface area contributed by atoms with E-state index in [1.165, 1.54) is 5.56 Å². The van der Waals surface area contributed by atoms with Gasteiger partial charge in [-0.25, -0.2) is 4.79 Å². The van der Waals surface area contributed by atoms with Gasteiger partial charge in [0.1, 0.15) is 0 Å². The molecule has 0 aromatic heterocycles. The van der Waals surface area contributed by atoms with Crippen molar-refractivity contribution < 1.29 is 9.53 Å². The highest BCUT2D eigenvalue weighted by Gasteiger charge is 2.09. The molecule has 0 radical (unpaired) electrons. The minimum atomic E-state index is -0.226. The zero-order valence-electron chi connectivity index (χ0n) is 10.5. The first kappa shape index (κ1) is 12.8. The predicted octanol–water partition coefficient (Wildman–Crippen LogP) is 3.37. The van der Waals surface area contributed by atoms with Crippen molar-refractivity contribution in [3.8, 4) is 0 Å². The van der Waals surface area contributed by atoms with Gasteiger partial charge in [0.2, 0.25) is 0 Å². The molecule has 1 aromatic rings. The van der Waals surface area contributed by atoms with E-state index in [2.05, 4.69) is 19.9 Å². The van der Waals surface area contributed by atoms with Crippen LogP contribution in [0.5, 0.6) is 0 Å². The fourth-order valence-electron chi connectivity index (χ4n) is 1.78. The van der Waals surface area contributed by atoms with Crippen LogP contribution in [0, 0.1) is 12.8 Å². The molecule has 0 N–H and O–H groups in total. The molecule has 2 nitrogen and oxygen atoms in total. The molecule has 1 rings (SSSR count). The molecule has 1 aromatic carbocycles. The summed E-state index contributed by atoms with van der Waals surface area (Å²) < 4.78 is 5.00. The topological polar surface area (TPSA) is 26.3 Å². The maximum Gasteiger partial charge on any atom is 0.338 e. The molecule has 0 amide bonds. The summed E-state index contributed by atoms with van der Waals surface area (Å²) in [6, 6.07) is 5.94. The van der Waals surface area contributed by atoms with Crippen molar-refractivity contribution in [2.45, 2.75) is 34.1 Å². The fourth-order valence-corrected chi connectivity index (χ4v) is 1.78. The number of hydrogen-bond donors (Lipinski definition) is 0. The van der Waals surface area contributed by atoms with Crippen molar-refractivity contribution in [2.75, 3.05) is 6.61 Å². The van der Waals surface area contributed by atoms with Gasteiger partial charge < -0.3 is 4.74 Å². The van der Waals surface area contributed by atoms with Gasteiger partial charge in [0.15, 0.2) is 0 Å². The van der Waals surface area contributed by atoms with Crippen molar-refractivity contribution >= 4 is 5.97 Å². The van der Waals surface area contributed by atoms with Crippen LogP contribution in [0.25, 0.3) is 0 Å². The lowest BCUT2D eigenvalue weighted by Crippen LogP contribution is -2.06. The third-order valence-corrected chi connectivity index (χ3v) is 2.29. The van der Waals surface area contributed by atoms with Gasteiger partial charge in [0.05, 0.1) is 12.2 Å². The Bertz CT molecular complexity index is 367. The predicted molar refractivity (Wildman–Crippen MR) is 65.7 cm³/mol. The molecule has 0 spiro atoms. The standard InChI is InChI=1S/C14H20O2/c1-5-16-14(15)13-8-11(4)7-12(9-13)6-10(2)3/h7-10H,5-6H2,1-4H3. The smallest absolute Gasteiger partial charge is 0.338 e. The highest BCUT2D eigenvalue weighted by molar-refractivity contribution is 5.89. The Kier molecular flexibility index (Phi) is 4.53. The number of benzene rings is 1. The van der Waals surface area contributed by atoms with Gasteiger partial charge in [-0.15, -0.1) is 0 Å². The van der Waals surface area contributed by atoms with Crippen LogP contribution >= 0.6 is 0 Å². The lowest BCUT2D eigenvalue weighted by molar-refractivity contribution is 0.0526. The number of carbonyl (C=O) groups is 1. The molecule has 0 unspecified atom stereocenters. The number of aryl methyl sites for hydroxylation is 1. The first-order valence-electron chi connectivity index (χ1n) is 5.80. The highest BCUT2D eigenvalue weighted by Crippen LogP contribution is 2.14. The molecule has 0 aliphatic heterocycles. The third-order valence-electron chi connectivity index (χ3n) is 2.29. The summed E-state index contributed by atoms with van der Waals surface area (Å²) in [7, 11) is 0. The van der Waals surface area contributed by atoms with E-state index in [0.29, 0.717) is 18.1 Å². The second-order valence-electron chi connectivity index (χ2n) is 4.53. The van der Waals surface area contributed by atoms with E-state index < -0.39 is 0 Å². The van der Waals surface area contributed by atoms with Gasteiger partial charge in [0, 0.05) is 0 Å². The number of ether oxygens (including phenoxy) is 1. The SMILES string of the molecule is CCOC(=O)c1cc(C)cc(CC(C)C)c1. The molecule has 2 heteroatoms. The zero-order chi connectivity index (χ0) is 12.1. The molecule has 0 fully saturated rings. The first-order valence-corrected chi connectivity index (χ1v) is 5.80.